The lowest BCUT2D eigenvalue weighted by molar-refractivity contribution is -0.158. The molecule has 3 heterocycles. The highest BCUT2D eigenvalue weighted by Gasteiger charge is 2.38. The van der Waals surface area contributed by atoms with Gasteiger partial charge in [-0.05, 0) is 38.2 Å². The van der Waals surface area contributed by atoms with Gasteiger partial charge in [0.2, 0.25) is 5.91 Å². The van der Waals surface area contributed by atoms with Gasteiger partial charge in [0.1, 0.15) is 18.4 Å². The van der Waals surface area contributed by atoms with Crippen LogP contribution in [0.2, 0.25) is 0 Å². The van der Waals surface area contributed by atoms with Gasteiger partial charge < -0.3 is 29.3 Å². The summed E-state index contributed by atoms with van der Waals surface area (Å²) < 4.78 is 11.5. The molecule has 1 saturated heterocycles. The largest absolute Gasteiger partial charge is 0.460 e. The highest BCUT2D eigenvalue weighted by molar-refractivity contribution is 5.95. The lowest BCUT2D eigenvalue weighted by Crippen LogP contribution is -2.44. The maximum Gasteiger partial charge on any atom is 0.329 e. The van der Waals surface area contributed by atoms with Crippen molar-refractivity contribution in [3.05, 3.63) is 53.8 Å². The lowest BCUT2D eigenvalue weighted by atomic mass is 9.94. The van der Waals surface area contributed by atoms with E-state index in [0.29, 0.717) is 38.2 Å². The number of hydroxylamine groups is 1. The molecule has 220 valence electrons. The fourth-order valence-corrected chi connectivity index (χ4v) is 5.05. The Labute approximate surface area is 235 Å². The van der Waals surface area contributed by atoms with Gasteiger partial charge in [-0.15, -0.1) is 0 Å². The van der Waals surface area contributed by atoms with Gasteiger partial charge in [-0.1, -0.05) is 50.6 Å². The highest BCUT2D eigenvalue weighted by atomic mass is 16.6. The van der Waals surface area contributed by atoms with E-state index in [1.807, 2.05) is 33.8 Å². The number of hydrogen-bond donors (Lipinski definition) is 3. The zero-order chi connectivity index (χ0) is 29.2. The average Bonchev–Trinajstić information content (AvgIpc) is 3.57. The van der Waals surface area contributed by atoms with Crippen LogP contribution in [0.15, 0.2) is 46.6 Å². The van der Waals surface area contributed by atoms with E-state index >= 15 is 0 Å². The predicted molar refractivity (Wildman–Crippen MR) is 148 cm³/mol. The smallest absolute Gasteiger partial charge is 0.329 e. The fraction of sp³-hybridized carbons (Fsp3) is 0.586. The third kappa shape index (κ3) is 8.87. The number of rotatable bonds is 3. The van der Waals surface area contributed by atoms with Crippen LogP contribution in [-0.2, 0) is 25.6 Å². The van der Waals surface area contributed by atoms with Gasteiger partial charge in [-0.25, -0.2) is 9.78 Å². The van der Waals surface area contributed by atoms with Gasteiger partial charge in [0.05, 0.1) is 13.2 Å². The van der Waals surface area contributed by atoms with E-state index in [9.17, 15) is 19.5 Å². The molecule has 1 unspecified atom stereocenters. The second-order valence-corrected chi connectivity index (χ2v) is 10.7. The number of carbonyl (C=O) groups is 3. The van der Waals surface area contributed by atoms with Crippen molar-refractivity contribution in [3.63, 3.8) is 0 Å². The summed E-state index contributed by atoms with van der Waals surface area (Å²) in [5.41, 5.74) is 3.77. The Hall–Kier alpha value is -3.28. The van der Waals surface area contributed by atoms with Gasteiger partial charge in [-0.2, -0.15) is 5.48 Å². The minimum absolute atomic E-state index is 0.00788. The molecule has 0 spiro atoms. The number of aromatic nitrogens is 1. The number of aliphatic hydroxyl groups is 1. The summed E-state index contributed by atoms with van der Waals surface area (Å²) in [4.78, 5) is 49.9. The first-order chi connectivity index (χ1) is 19.1. The first-order valence-corrected chi connectivity index (χ1v) is 13.8. The summed E-state index contributed by atoms with van der Waals surface area (Å²) in [6.45, 7) is 8.37. The molecule has 0 aliphatic carbocycles. The molecule has 3 N–H and O–H groups in total. The van der Waals surface area contributed by atoms with Crippen LogP contribution in [0.25, 0.3) is 0 Å². The Morgan fingerprint density at radius 3 is 2.75 bits per heavy atom. The number of oxazole rings is 1. The molecule has 2 aliphatic rings. The Morgan fingerprint density at radius 2 is 2.02 bits per heavy atom. The van der Waals surface area contributed by atoms with Crippen LogP contribution in [-0.4, -0.2) is 77.3 Å². The zero-order valence-corrected chi connectivity index (χ0v) is 24.0. The van der Waals surface area contributed by atoms with Gasteiger partial charge >= 0.3 is 5.97 Å². The van der Waals surface area contributed by atoms with Crippen LogP contribution in [0.4, 0.5) is 0 Å². The monoisotopic (exact) mass is 558 g/mol. The quantitative estimate of drug-likeness (QED) is 0.377. The Kier molecular flexibility index (Phi) is 11.7. The van der Waals surface area contributed by atoms with E-state index in [-0.39, 0.29) is 35.9 Å². The summed E-state index contributed by atoms with van der Waals surface area (Å²) in [5.74, 6) is -1.07. The number of amides is 2. The van der Waals surface area contributed by atoms with Crippen LogP contribution in [0, 0.1) is 11.8 Å². The number of hydrogen-bond acceptors (Lipinski definition) is 9. The number of esters is 1. The van der Waals surface area contributed by atoms with Crippen LogP contribution in [0.3, 0.4) is 0 Å². The molecule has 1 aromatic heterocycles. The van der Waals surface area contributed by atoms with Crippen LogP contribution < -0.4 is 10.8 Å². The Morgan fingerprint density at radius 1 is 1.25 bits per heavy atom. The molecule has 2 aliphatic heterocycles. The summed E-state index contributed by atoms with van der Waals surface area (Å²) in [6.07, 6.45) is 10.2. The summed E-state index contributed by atoms with van der Waals surface area (Å²) in [7, 11) is 1.48. The Balaban J connectivity index is 1.88. The van der Waals surface area contributed by atoms with E-state index in [1.54, 1.807) is 18.2 Å². The molecule has 1 fully saturated rings. The van der Waals surface area contributed by atoms with Crippen molar-refractivity contribution >= 4 is 17.8 Å². The standard InChI is InChI=1S/C29H42N4O7/c1-18(2)27-20(4)10-11-25(35)30-12-6-8-19(3)14-22(34)15-21(32-38-5)16-26-31-23(17-39-26)28(36)33-13-7-9-24(33)29(37)40-27/h6,8,10-11,14,17-18,20-22,24,27,32,34H,7,9,12-13,15-16H2,1-5H3,(H,30,35)/b8-6+,11-10+,19-14+/t20-,21-,22-,24?,27-/m1/s1. The Bertz CT molecular complexity index is 1110. The molecule has 0 aromatic carbocycles. The third-order valence-electron chi connectivity index (χ3n) is 7.00. The van der Waals surface area contributed by atoms with E-state index in [4.69, 9.17) is 14.0 Å². The number of cyclic esters (lactones) is 1. The molecule has 1 aromatic rings. The van der Waals surface area contributed by atoms with Gasteiger partial charge in [0.15, 0.2) is 11.6 Å². The molecule has 11 heteroatoms. The predicted octanol–water partition coefficient (Wildman–Crippen LogP) is 2.48. The number of aliphatic hydroxyl groups excluding tert-OH is 1. The molecule has 5 atom stereocenters. The van der Waals surface area contributed by atoms with Crippen molar-refractivity contribution in [2.75, 3.05) is 20.2 Å². The molecule has 3 rings (SSSR count). The molecule has 40 heavy (non-hydrogen) atoms. The number of allylic oxidation sites excluding steroid dienone is 2. The minimum Gasteiger partial charge on any atom is -0.460 e. The van der Waals surface area contributed by atoms with Gasteiger partial charge in [0, 0.05) is 31.5 Å². The van der Waals surface area contributed by atoms with Crippen molar-refractivity contribution in [2.24, 2.45) is 11.8 Å². The number of nitrogens with one attached hydrogen (secondary N) is 2. The maximum atomic E-state index is 13.3. The highest BCUT2D eigenvalue weighted by Crippen LogP contribution is 2.25. The molecule has 0 saturated carbocycles. The summed E-state index contributed by atoms with van der Waals surface area (Å²) in [5, 5.41) is 13.4. The van der Waals surface area contributed by atoms with Crippen molar-refractivity contribution in [1.82, 2.24) is 20.7 Å². The first kappa shape index (κ1) is 31.3. The number of nitrogens with zero attached hydrogens (tertiary/aromatic N) is 2. The molecule has 2 bridgehead atoms. The van der Waals surface area contributed by atoms with Crippen LogP contribution >= 0.6 is 0 Å². The number of ether oxygens (including phenoxy) is 1. The second-order valence-electron chi connectivity index (χ2n) is 10.7. The molecule has 2 amide bonds. The third-order valence-corrected chi connectivity index (χ3v) is 7.00. The van der Waals surface area contributed by atoms with Gasteiger partial charge in [0.25, 0.3) is 5.91 Å². The maximum absolute atomic E-state index is 13.3. The second kappa shape index (κ2) is 14.9. The topological polar surface area (TPSA) is 143 Å². The summed E-state index contributed by atoms with van der Waals surface area (Å²) >= 11 is 0. The van der Waals surface area contributed by atoms with Crippen molar-refractivity contribution < 1.29 is 33.5 Å². The average molecular weight is 559 g/mol. The summed E-state index contributed by atoms with van der Waals surface area (Å²) in [6, 6.07) is -1.08. The first-order valence-electron chi connectivity index (χ1n) is 13.8. The number of fused-ring (bicyclic) bond motifs is 3. The van der Waals surface area contributed by atoms with Gasteiger partial charge in [-0.3, -0.25) is 9.59 Å². The van der Waals surface area contributed by atoms with E-state index in [0.717, 1.165) is 5.57 Å². The van der Waals surface area contributed by atoms with Crippen LogP contribution in [0.5, 0.6) is 0 Å². The normalized spacial score (nSPS) is 30.7. The van der Waals surface area contributed by atoms with Crippen molar-refractivity contribution in [1.29, 1.82) is 0 Å². The SMILES string of the molecule is CON[C@H]1Cc2nc(co2)C(=O)N2CCCC2C(=O)O[C@H](C(C)C)[C@H](C)/C=C/C(=O)NC/C=C/C(C)=C/[C@@H](O)C1. The zero-order valence-electron chi connectivity index (χ0n) is 24.0. The van der Waals surface area contributed by atoms with Crippen LogP contribution in [0.1, 0.15) is 63.3 Å². The van der Waals surface area contributed by atoms with E-state index in [2.05, 4.69) is 15.8 Å². The van der Waals surface area contributed by atoms with E-state index in [1.165, 1.54) is 24.3 Å². The van der Waals surface area contributed by atoms with Crippen molar-refractivity contribution in [3.8, 4) is 0 Å². The number of carbonyl (C=O) groups excluding carboxylic acids is 3. The fourth-order valence-electron chi connectivity index (χ4n) is 5.05. The van der Waals surface area contributed by atoms with E-state index < -0.39 is 30.1 Å². The molecule has 11 nitrogen and oxygen atoms in total. The van der Waals surface area contributed by atoms with Crippen molar-refractivity contribution in [2.45, 2.75) is 77.7 Å². The minimum atomic E-state index is -0.792. The molecule has 0 radical (unpaired) electrons. The molecular weight excluding hydrogens is 516 g/mol. The molecular formula is C29H42N4O7. The lowest BCUT2D eigenvalue weighted by Gasteiger charge is -2.29.